The maximum Gasteiger partial charge on any atom is 0.303 e. The lowest BCUT2D eigenvalue weighted by Gasteiger charge is -2.15. The second-order valence-corrected chi connectivity index (χ2v) is 7.38. The summed E-state index contributed by atoms with van der Waals surface area (Å²) in [4.78, 5) is 10.4. The van der Waals surface area contributed by atoms with Crippen LogP contribution in [0.5, 0.6) is 0 Å². The van der Waals surface area contributed by atoms with E-state index in [0.29, 0.717) is 11.8 Å². The van der Waals surface area contributed by atoms with Crippen LogP contribution in [0.2, 0.25) is 0 Å². The van der Waals surface area contributed by atoms with Gasteiger partial charge in [0.05, 0.1) is 6.61 Å². The molecule has 1 saturated heterocycles. The van der Waals surface area contributed by atoms with Crippen molar-refractivity contribution in [3.8, 4) is 0 Å². The zero-order chi connectivity index (χ0) is 16.0. The first-order chi connectivity index (χ1) is 10.7. The van der Waals surface area contributed by atoms with Crippen molar-refractivity contribution < 1.29 is 14.6 Å². The largest absolute Gasteiger partial charge is 0.481 e. The van der Waals surface area contributed by atoms with Crippen molar-refractivity contribution in [2.45, 2.75) is 58.3 Å². The molecule has 1 fully saturated rings. The standard InChI is InChI=1S/C18H32O3S/c1-2-3-8-12-22-13-11-17-15-21-14-16(17)9-6-4-5-7-10-18(19)20/h4,6,16-17H,2-3,5,7-15H2,1H3,(H,19,20)/t16-,17+/m0/s1. The molecule has 2 atom stereocenters. The van der Waals surface area contributed by atoms with Gasteiger partial charge in [0, 0.05) is 13.0 Å². The zero-order valence-electron chi connectivity index (χ0n) is 14.0. The molecule has 1 N–H and O–H groups in total. The number of allylic oxidation sites excluding steroid dienone is 2. The third kappa shape index (κ3) is 9.52. The molecule has 0 radical (unpaired) electrons. The van der Waals surface area contributed by atoms with E-state index >= 15 is 0 Å². The predicted molar refractivity (Wildman–Crippen MR) is 94.5 cm³/mol. The number of thioether (sulfide) groups is 1. The van der Waals surface area contributed by atoms with Crippen LogP contribution in [0.25, 0.3) is 0 Å². The first-order valence-corrected chi connectivity index (χ1v) is 9.91. The summed E-state index contributed by atoms with van der Waals surface area (Å²) >= 11 is 2.09. The molecule has 0 amide bonds. The maximum absolute atomic E-state index is 10.4. The second-order valence-electron chi connectivity index (χ2n) is 6.16. The lowest BCUT2D eigenvalue weighted by Crippen LogP contribution is -2.12. The lowest BCUT2D eigenvalue weighted by atomic mass is 9.90. The van der Waals surface area contributed by atoms with Gasteiger partial charge in [0.1, 0.15) is 0 Å². The quantitative estimate of drug-likeness (QED) is 0.391. The third-order valence-corrected chi connectivity index (χ3v) is 5.32. The number of unbranched alkanes of at least 4 members (excludes halogenated alkanes) is 3. The van der Waals surface area contributed by atoms with Gasteiger partial charge in [-0.2, -0.15) is 11.8 Å². The molecule has 0 bridgehead atoms. The molecule has 1 heterocycles. The van der Waals surface area contributed by atoms with Crippen molar-refractivity contribution in [3.05, 3.63) is 12.2 Å². The van der Waals surface area contributed by atoms with Crippen LogP contribution >= 0.6 is 11.8 Å². The van der Waals surface area contributed by atoms with Crippen LogP contribution in [0.4, 0.5) is 0 Å². The van der Waals surface area contributed by atoms with E-state index in [1.807, 2.05) is 0 Å². The number of carboxylic acids is 1. The van der Waals surface area contributed by atoms with Gasteiger partial charge in [-0.15, -0.1) is 0 Å². The summed E-state index contributed by atoms with van der Waals surface area (Å²) in [6, 6.07) is 0. The van der Waals surface area contributed by atoms with E-state index in [9.17, 15) is 4.79 Å². The molecule has 0 aromatic heterocycles. The number of aliphatic carboxylic acids is 1. The van der Waals surface area contributed by atoms with Gasteiger partial charge in [-0.05, 0) is 55.4 Å². The summed E-state index contributed by atoms with van der Waals surface area (Å²) in [5, 5.41) is 8.59. The summed E-state index contributed by atoms with van der Waals surface area (Å²) in [6.07, 6.45) is 12.6. The topological polar surface area (TPSA) is 46.5 Å². The number of rotatable bonds is 13. The SMILES string of the molecule is CCCCCSCC[C@@H]1COC[C@@H]1CC=CCCCC(=O)O. The van der Waals surface area contributed by atoms with Crippen molar-refractivity contribution in [2.24, 2.45) is 11.8 Å². The van der Waals surface area contributed by atoms with Gasteiger partial charge >= 0.3 is 5.97 Å². The highest BCUT2D eigenvalue weighted by molar-refractivity contribution is 7.99. The Morgan fingerprint density at radius 3 is 2.77 bits per heavy atom. The third-order valence-electron chi connectivity index (χ3n) is 4.22. The second kappa shape index (κ2) is 13.0. The average Bonchev–Trinajstić information content (AvgIpc) is 2.93. The minimum atomic E-state index is -0.700. The Morgan fingerprint density at radius 2 is 2.00 bits per heavy atom. The Hall–Kier alpha value is -0.480. The molecule has 128 valence electrons. The van der Waals surface area contributed by atoms with Gasteiger partial charge in [-0.3, -0.25) is 4.79 Å². The van der Waals surface area contributed by atoms with E-state index in [1.165, 1.54) is 37.2 Å². The number of ether oxygens (including phenoxy) is 1. The molecule has 0 aromatic carbocycles. The maximum atomic E-state index is 10.4. The Balaban J connectivity index is 2.07. The van der Waals surface area contributed by atoms with Crippen LogP contribution in [-0.4, -0.2) is 35.8 Å². The molecule has 1 rings (SSSR count). The van der Waals surface area contributed by atoms with Crippen LogP contribution in [0.15, 0.2) is 12.2 Å². The van der Waals surface area contributed by atoms with Crippen molar-refractivity contribution in [2.75, 3.05) is 24.7 Å². The Kier molecular flexibility index (Phi) is 11.6. The Bertz CT molecular complexity index is 317. The van der Waals surface area contributed by atoms with Gasteiger partial charge in [0.2, 0.25) is 0 Å². The molecule has 0 aromatic rings. The van der Waals surface area contributed by atoms with Gasteiger partial charge in [-0.25, -0.2) is 0 Å². The number of carbonyl (C=O) groups is 1. The number of hydrogen-bond acceptors (Lipinski definition) is 3. The van der Waals surface area contributed by atoms with E-state index in [1.54, 1.807) is 0 Å². The molecule has 0 aliphatic carbocycles. The van der Waals surface area contributed by atoms with E-state index in [4.69, 9.17) is 9.84 Å². The zero-order valence-corrected chi connectivity index (χ0v) is 14.8. The first kappa shape index (κ1) is 19.6. The highest BCUT2D eigenvalue weighted by atomic mass is 32.2. The smallest absolute Gasteiger partial charge is 0.303 e. The van der Waals surface area contributed by atoms with Crippen LogP contribution in [-0.2, 0) is 9.53 Å². The van der Waals surface area contributed by atoms with Gasteiger partial charge in [0.25, 0.3) is 0 Å². The summed E-state index contributed by atoms with van der Waals surface area (Å²) in [7, 11) is 0. The van der Waals surface area contributed by atoms with Crippen LogP contribution in [0, 0.1) is 11.8 Å². The van der Waals surface area contributed by atoms with Crippen molar-refractivity contribution in [1.82, 2.24) is 0 Å². The van der Waals surface area contributed by atoms with Gasteiger partial charge in [0.15, 0.2) is 0 Å². The molecule has 0 saturated carbocycles. The molecule has 0 unspecified atom stereocenters. The number of hydrogen-bond donors (Lipinski definition) is 1. The van der Waals surface area contributed by atoms with Crippen LogP contribution in [0.1, 0.15) is 58.3 Å². The van der Waals surface area contributed by atoms with E-state index < -0.39 is 5.97 Å². The summed E-state index contributed by atoms with van der Waals surface area (Å²) < 4.78 is 5.65. The van der Waals surface area contributed by atoms with Crippen molar-refractivity contribution in [1.29, 1.82) is 0 Å². The highest BCUT2D eigenvalue weighted by Gasteiger charge is 2.26. The molecule has 22 heavy (non-hydrogen) atoms. The molecule has 1 aliphatic heterocycles. The first-order valence-electron chi connectivity index (χ1n) is 8.76. The van der Waals surface area contributed by atoms with Crippen molar-refractivity contribution in [3.63, 3.8) is 0 Å². The lowest BCUT2D eigenvalue weighted by molar-refractivity contribution is -0.137. The van der Waals surface area contributed by atoms with E-state index in [2.05, 4.69) is 30.8 Å². The fourth-order valence-electron chi connectivity index (χ4n) is 2.77. The fourth-order valence-corrected chi connectivity index (χ4v) is 3.86. The predicted octanol–water partition coefficient (Wildman–Crippen LogP) is 4.76. The highest BCUT2D eigenvalue weighted by Crippen LogP contribution is 2.28. The molecule has 1 aliphatic rings. The van der Waals surface area contributed by atoms with E-state index in [-0.39, 0.29) is 6.42 Å². The molecule has 4 heteroatoms. The summed E-state index contributed by atoms with van der Waals surface area (Å²) in [6.45, 7) is 4.07. The normalized spacial score (nSPS) is 21.7. The van der Waals surface area contributed by atoms with Crippen molar-refractivity contribution >= 4 is 17.7 Å². The molecule has 3 nitrogen and oxygen atoms in total. The monoisotopic (exact) mass is 328 g/mol. The fraction of sp³-hybridized carbons (Fsp3) is 0.833. The minimum Gasteiger partial charge on any atom is -0.481 e. The van der Waals surface area contributed by atoms with Gasteiger partial charge < -0.3 is 9.84 Å². The molecule has 0 spiro atoms. The average molecular weight is 329 g/mol. The summed E-state index contributed by atoms with van der Waals surface area (Å²) in [5.41, 5.74) is 0. The molecular formula is C18H32O3S. The Morgan fingerprint density at radius 1 is 1.18 bits per heavy atom. The van der Waals surface area contributed by atoms with Crippen LogP contribution in [0.3, 0.4) is 0 Å². The van der Waals surface area contributed by atoms with Gasteiger partial charge in [-0.1, -0.05) is 31.9 Å². The summed E-state index contributed by atoms with van der Waals surface area (Å²) in [5.74, 6) is 3.23. The molecular weight excluding hydrogens is 296 g/mol. The van der Waals surface area contributed by atoms with Crippen LogP contribution < -0.4 is 0 Å². The minimum absolute atomic E-state index is 0.273. The number of carboxylic acid groups (broad SMARTS) is 1. The Labute approximate surface area is 139 Å². The van der Waals surface area contributed by atoms with E-state index in [0.717, 1.165) is 32.5 Å².